The molecule has 2 aliphatic rings. The largest absolute Gasteiger partial charge is 0.511 e. The number of ether oxygens (including phenoxy) is 1. The number of piperazine rings is 1. The lowest BCUT2D eigenvalue weighted by Gasteiger charge is -2.36. The fourth-order valence-corrected chi connectivity index (χ4v) is 5.70. The summed E-state index contributed by atoms with van der Waals surface area (Å²) in [6.07, 6.45) is 5.71. The lowest BCUT2D eigenvalue weighted by Crippen LogP contribution is -2.54. The van der Waals surface area contributed by atoms with Gasteiger partial charge in [0.05, 0.1) is 13.7 Å². The molecule has 192 valence electrons. The zero-order chi connectivity index (χ0) is 24.9. The van der Waals surface area contributed by atoms with Crippen LogP contribution in [-0.4, -0.2) is 86.4 Å². The van der Waals surface area contributed by atoms with Crippen molar-refractivity contribution in [1.82, 2.24) is 14.1 Å². The van der Waals surface area contributed by atoms with Crippen molar-refractivity contribution in [2.24, 2.45) is 0 Å². The predicted molar refractivity (Wildman–Crippen MR) is 123 cm³/mol. The highest BCUT2D eigenvalue weighted by Gasteiger charge is 2.51. The van der Waals surface area contributed by atoms with E-state index in [0.717, 1.165) is 57.4 Å². The van der Waals surface area contributed by atoms with Gasteiger partial charge in [-0.05, 0) is 74.9 Å². The van der Waals surface area contributed by atoms with Crippen molar-refractivity contribution in [2.45, 2.75) is 57.0 Å². The fourth-order valence-electron chi connectivity index (χ4n) is 4.81. The highest BCUT2D eigenvalue weighted by atomic mass is 32.2. The summed E-state index contributed by atoms with van der Waals surface area (Å²) in [5.74, 6) is 0.288. The molecule has 0 radical (unpaired) electrons. The van der Waals surface area contributed by atoms with Crippen LogP contribution in [0.4, 0.5) is 13.2 Å². The summed E-state index contributed by atoms with van der Waals surface area (Å²) in [6, 6.07) is 6.71. The first-order chi connectivity index (χ1) is 16.1. The van der Waals surface area contributed by atoms with Gasteiger partial charge < -0.3 is 14.5 Å². The van der Waals surface area contributed by atoms with Crippen molar-refractivity contribution >= 4 is 15.9 Å². The minimum atomic E-state index is -5.47. The van der Waals surface area contributed by atoms with Crippen molar-refractivity contribution in [3.8, 4) is 5.75 Å². The summed E-state index contributed by atoms with van der Waals surface area (Å²) in [5.41, 5.74) is -2.68. The normalized spacial score (nSPS) is 20.0. The molecule has 11 heteroatoms. The van der Waals surface area contributed by atoms with Crippen LogP contribution in [0.3, 0.4) is 0 Å². The molecule has 1 aliphatic carbocycles. The Morgan fingerprint density at radius 2 is 1.91 bits per heavy atom. The predicted octanol–water partition coefficient (Wildman–Crippen LogP) is 3.04. The number of unbranched alkanes of at least 4 members (excludes halogenated alkanes) is 1. The van der Waals surface area contributed by atoms with Crippen molar-refractivity contribution in [1.29, 1.82) is 0 Å². The van der Waals surface area contributed by atoms with Crippen LogP contribution in [-0.2, 0) is 27.7 Å². The Morgan fingerprint density at radius 3 is 2.56 bits per heavy atom. The van der Waals surface area contributed by atoms with E-state index < -0.39 is 28.0 Å². The first kappa shape index (κ1) is 26.7. The number of hydrogen-bond donors (Lipinski definition) is 0. The van der Waals surface area contributed by atoms with E-state index in [0.29, 0.717) is 12.6 Å². The Balaban J connectivity index is 1.48. The molecule has 0 saturated carbocycles. The van der Waals surface area contributed by atoms with E-state index >= 15 is 0 Å². The molecule has 7 nitrogen and oxygen atoms in total. The van der Waals surface area contributed by atoms with E-state index in [1.807, 2.05) is 6.07 Å². The van der Waals surface area contributed by atoms with E-state index in [9.17, 15) is 26.4 Å². The summed E-state index contributed by atoms with van der Waals surface area (Å²) >= 11 is 0. The van der Waals surface area contributed by atoms with Crippen molar-refractivity contribution in [3.05, 3.63) is 29.3 Å². The average Bonchev–Trinajstić information content (AvgIpc) is 2.80. The van der Waals surface area contributed by atoms with Gasteiger partial charge in [0.1, 0.15) is 5.75 Å². The number of alkyl halides is 3. The molecule has 1 amide bonds. The Labute approximate surface area is 199 Å². The minimum absolute atomic E-state index is 0.0198. The first-order valence-corrected chi connectivity index (χ1v) is 13.2. The monoisotopic (exact) mass is 505 g/mol. The van der Waals surface area contributed by atoms with Gasteiger partial charge in [-0.2, -0.15) is 17.5 Å². The number of carbonyl (C=O) groups is 1. The summed E-state index contributed by atoms with van der Waals surface area (Å²) in [5, 5.41) is 0. The number of benzene rings is 1. The quantitative estimate of drug-likeness (QED) is 0.457. The Morgan fingerprint density at radius 1 is 1.15 bits per heavy atom. The molecule has 1 aliphatic heterocycles. The van der Waals surface area contributed by atoms with E-state index in [4.69, 9.17) is 4.74 Å². The van der Waals surface area contributed by atoms with Crippen LogP contribution >= 0.6 is 0 Å². The third-order valence-corrected chi connectivity index (χ3v) is 8.26. The minimum Gasteiger partial charge on any atom is -0.497 e. The highest BCUT2D eigenvalue weighted by molar-refractivity contribution is 7.90. The molecule has 1 fully saturated rings. The lowest BCUT2D eigenvalue weighted by atomic mass is 9.87. The SMILES string of the molecule is CCCN(CCCCN1CCN(S(=O)(=O)C(F)(F)F)CC1=O)C1CCc2ccc(OC)cc2C1. The van der Waals surface area contributed by atoms with Crippen LogP contribution in [0.1, 0.15) is 43.7 Å². The van der Waals surface area contributed by atoms with Crippen molar-refractivity contribution in [3.63, 3.8) is 0 Å². The van der Waals surface area contributed by atoms with Crippen LogP contribution in [0, 0.1) is 0 Å². The number of hydrogen-bond acceptors (Lipinski definition) is 5. The number of methoxy groups -OCH3 is 1. The van der Waals surface area contributed by atoms with Gasteiger partial charge in [0.15, 0.2) is 0 Å². The van der Waals surface area contributed by atoms with E-state index in [2.05, 4.69) is 24.0 Å². The van der Waals surface area contributed by atoms with Gasteiger partial charge in [-0.3, -0.25) is 4.79 Å². The van der Waals surface area contributed by atoms with Gasteiger partial charge >= 0.3 is 15.5 Å². The van der Waals surface area contributed by atoms with Gasteiger partial charge in [-0.25, -0.2) is 8.42 Å². The number of rotatable bonds is 10. The number of amides is 1. The zero-order valence-electron chi connectivity index (χ0n) is 19.8. The smallest absolute Gasteiger partial charge is 0.497 e. The summed E-state index contributed by atoms with van der Waals surface area (Å²) < 4.78 is 66.9. The molecule has 1 aromatic carbocycles. The molecule has 3 rings (SSSR count). The molecule has 0 N–H and O–H groups in total. The van der Waals surface area contributed by atoms with Crippen molar-refractivity contribution < 1.29 is 31.1 Å². The van der Waals surface area contributed by atoms with Gasteiger partial charge in [0, 0.05) is 25.7 Å². The average molecular weight is 506 g/mol. The topological polar surface area (TPSA) is 70.2 Å². The van der Waals surface area contributed by atoms with E-state index in [-0.39, 0.29) is 17.4 Å². The molecule has 0 aromatic heterocycles. The molecule has 1 unspecified atom stereocenters. The van der Waals surface area contributed by atoms with Crippen LogP contribution < -0.4 is 4.74 Å². The van der Waals surface area contributed by atoms with Gasteiger partial charge in [0.25, 0.3) is 0 Å². The number of nitrogens with zero attached hydrogens (tertiary/aromatic N) is 3. The number of aryl methyl sites for hydroxylation is 1. The zero-order valence-corrected chi connectivity index (χ0v) is 20.6. The third kappa shape index (κ3) is 6.23. The van der Waals surface area contributed by atoms with Crippen LogP contribution in [0.2, 0.25) is 0 Å². The number of carbonyl (C=O) groups excluding carboxylic acids is 1. The summed E-state index contributed by atoms with van der Waals surface area (Å²) in [7, 11) is -3.79. The second-order valence-electron chi connectivity index (χ2n) is 8.94. The second-order valence-corrected chi connectivity index (χ2v) is 10.9. The highest BCUT2D eigenvalue weighted by Crippen LogP contribution is 2.29. The standard InChI is InChI=1S/C23H34F3N3O4S/c1-3-10-27(20-8-6-18-7-9-21(33-2)16-19(18)15-20)11-4-5-12-28-13-14-29(17-22(28)30)34(31,32)23(24,25)26/h7,9,16,20H,3-6,8,10-15,17H2,1-2H3. The first-order valence-electron chi connectivity index (χ1n) is 11.8. The molecule has 1 atom stereocenters. The molecule has 1 aromatic rings. The third-order valence-electron chi connectivity index (χ3n) is 6.68. The molecular weight excluding hydrogens is 471 g/mol. The number of halogens is 3. The Bertz CT molecular complexity index is 955. The molecular formula is C23H34F3N3O4S. The maximum atomic E-state index is 12.7. The molecule has 0 bridgehead atoms. The van der Waals surface area contributed by atoms with Gasteiger partial charge in [0.2, 0.25) is 5.91 Å². The van der Waals surface area contributed by atoms with Crippen LogP contribution in [0.25, 0.3) is 0 Å². The molecule has 34 heavy (non-hydrogen) atoms. The van der Waals surface area contributed by atoms with E-state index in [1.54, 1.807) is 7.11 Å². The van der Waals surface area contributed by atoms with Gasteiger partial charge in [-0.15, -0.1) is 0 Å². The molecule has 0 spiro atoms. The fraction of sp³-hybridized carbons (Fsp3) is 0.696. The summed E-state index contributed by atoms with van der Waals surface area (Å²) in [4.78, 5) is 16.2. The number of fused-ring (bicyclic) bond motifs is 1. The Hall–Kier alpha value is -1.85. The molecule has 1 heterocycles. The summed E-state index contributed by atoms with van der Waals surface area (Å²) in [6.45, 7) is 3.33. The second kappa shape index (κ2) is 11.3. The lowest BCUT2D eigenvalue weighted by molar-refractivity contribution is -0.134. The molecule has 1 saturated heterocycles. The number of sulfonamides is 1. The maximum Gasteiger partial charge on any atom is 0.511 e. The maximum absolute atomic E-state index is 12.7. The van der Waals surface area contributed by atoms with Crippen LogP contribution in [0.15, 0.2) is 18.2 Å². The van der Waals surface area contributed by atoms with Crippen LogP contribution in [0.5, 0.6) is 5.75 Å². The van der Waals surface area contributed by atoms with Crippen molar-refractivity contribution in [2.75, 3.05) is 46.4 Å². The Kier molecular flexibility index (Phi) is 8.86. The van der Waals surface area contributed by atoms with Gasteiger partial charge in [-0.1, -0.05) is 13.0 Å². The van der Waals surface area contributed by atoms with E-state index in [1.165, 1.54) is 16.0 Å².